The summed E-state index contributed by atoms with van der Waals surface area (Å²) in [5.74, 6) is 0.562. The molecule has 1 aromatic carbocycles. The van der Waals surface area contributed by atoms with Crippen LogP contribution in [0.15, 0.2) is 47.8 Å². The van der Waals surface area contributed by atoms with Crippen molar-refractivity contribution in [3.8, 4) is 0 Å². The highest BCUT2D eigenvalue weighted by Crippen LogP contribution is 2.63. The van der Waals surface area contributed by atoms with Crippen molar-refractivity contribution in [2.75, 3.05) is 0 Å². The lowest BCUT2D eigenvalue weighted by Crippen LogP contribution is -2.34. The van der Waals surface area contributed by atoms with E-state index in [0.29, 0.717) is 12.0 Å². The third kappa shape index (κ3) is 2.73. The molecule has 0 bridgehead atoms. The van der Waals surface area contributed by atoms with Crippen molar-refractivity contribution in [1.82, 2.24) is 0 Å². The lowest BCUT2D eigenvalue weighted by molar-refractivity contribution is 0.288. The summed E-state index contributed by atoms with van der Waals surface area (Å²) >= 11 is 0. The monoisotopic (exact) mass is 326 g/mol. The largest absolute Gasteiger partial charge is 0.356 e. The van der Waals surface area contributed by atoms with E-state index in [4.69, 9.17) is 4.74 Å². The van der Waals surface area contributed by atoms with Crippen molar-refractivity contribution >= 4 is 13.9 Å². The molecule has 1 fully saturated rings. The van der Waals surface area contributed by atoms with Crippen LogP contribution in [-0.4, -0.2) is 11.7 Å². The molecule has 1 nitrogen and oxygen atoms in total. The van der Waals surface area contributed by atoms with Crippen LogP contribution in [0.5, 0.6) is 0 Å². The summed E-state index contributed by atoms with van der Waals surface area (Å²) in [7, 11) is 0.791. The molecule has 1 saturated heterocycles. The average Bonchev–Trinajstić information content (AvgIpc) is 3.31. The lowest BCUT2D eigenvalue weighted by atomic mass is 9.77. The molecule has 4 unspecified atom stereocenters. The van der Waals surface area contributed by atoms with Gasteiger partial charge >= 0.3 is 0 Å². The zero-order valence-corrected chi connectivity index (χ0v) is 15.1. The number of hydrogen-bond donors (Lipinski definition) is 0. The van der Waals surface area contributed by atoms with Crippen molar-refractivity contribution in [3.63, 3.8) is 0 Å². The Morgan fingerprint density at radius 2 is 1.91 bits per heavy atom. The lowest BCUT2D eigenvalue weighted by Gasteiger charge is -2.35. The molecular weight excluding hydrogens is 299 g/mol. The highest BCUT2D eigenvalue weighted by Gasteiger charge is 2.64. The Bertz CT molecular complexity index is 632. The van der Waals surface area contributed by atoms with Gasteiger partial charge in [0, 0.05) is 5.92 Å². The van der Waals surface area contributed by atoms with Crippen LogP contribution in [0.25, 0.3) is 0 Å². The van der Waals surface area contributed by atoms with Gasteiger partial charge in [-0.25, -0.2) is 0 Å². The number of rotatable bonds is 7. The molecule has 4 rings (SSSR count). The third-order valence-corrected chi connectivity index (χ3v) is 7.18. The molecule has 122 valence electrons. The van der Waals surface area contributed by atoms with Gasteiger partial charge in [-0.3, -0.25) is 0 Å². The van der Waals surface area contributed by atoms with E-state index in [0.717, 1.165) is 8.58 Å². The molecule has 2 heteroatoms. The van der Waals surface area contributed by atoms with E-state index < -0.39 is 0 Å². The Morgan fingerprint density at radius 3 is 2.83 bits per heavy atom. The Morgan fingerprint density at radius 1 is 1.09 bits per heavy atom. The van der Waals surface area contributed by atoms with E-state index in [1.165, 1.54) is 44.9 Å². The van der Waals surface area contributed by atoms with E-state index in [1.807, 2.05) is 0 Å². The van der Waals surface area contributed by atoms with Gasteiger partial charge in [0.05, 0.1) is 0 Å². The molecule has 1 spiro atoms. The van der Waals surface area contributed by atoms with Crippen LogP contribution in [-0.2, 0) is 4.74 Å². The number of ether oxygens (including phenoxy) is 1. The molecule has 4 atom stereocenters. The van der Waals surface area contributed by atoms with Gasteiger partial charge in [0.25, 0.3) is 0 Å². The molecule has 0 amide bonds. The maximum atomic E-state index is 6.29. The minimum atomic E-state index is 0.0327. The first-order valence-corrected chi connectivity index (χ1v) is 10.3. The fourth-order valence-electron chi connectivity index (χ4n) is 4.36. The maximum absolute atomic E-state index is 6.29. The highest BCUT2D eigenvalue weighted by atomic mass is 31.1. The van der Waals surface area contributed by atoms with E-state index >= 15 is 0 Å². The van der Waals surface area contributed by atoms with Crippen molar-refractivity contribution < 1.29 is 4.74 Å². The van der Waals surface area contributed by atoms with Gasteiger partial charge in [0.1, 0.15) is 11.7 Å². The van der Waals surface area contributed by atoms with Crippen molar-refractivity contribution in [1.29, 1.82) is 0 Å². The van der Waals surface area contributed by atoms with Crippen LogP contribution in [0.1, 0.15) is 63.4 Å². The second-order valence-corrected chi connectivity index (χ2v) is 8.45. The zero-order valence-electron chi connectivity index (χ0n) is 14.1. The van der Waals surface area contributed by atoms with Crippen LogP contribution >= 0.6 is 8.58 Å². The molecule has 0 N–H and O–H groups in total. The number of unbranched alkanes of at least 4 members (excludes halogenated alkanes) is 5. The minimum absolute atomic E-state index is 0.0327. The van der Waals surface area contributed by atoms with Gasteiger partial charge in [-0.15, -0.1) is 0 Å². The third-order valence-electron chi connectivity index (χ3n) is 5.63. The summed E-state index contributed by atoms with van der Waals surface area (Å²) in [4.78, 5) is 0. The van der Waals surface area contributed by atoms with Crippen molar-refractivity contribution in [2.45, 2.75) is 69.5 Å². The molecule has 23 heavy (non-hydrogen) atoms. The van der Waals surface area contributed by atoms with Gasteiger partial charge < -0.3 is 4.74 Å². The van der Waals surface area contributed by atoms with Gasteiger partial charge in [0.2, 0.25) is 0 Å². The van der Waals surface area contributed by atoms with Gasteiger partial charge in [0.15, 0.2) is 0 Å². The first-order chi connectivity index (χ1) is 11.4. The van der Waals surface area contributed by atoms with E-state index in [1.54, 1.807) is 16.2 Å². The van der Waals surface area contributed by atoms with Crippen molar-refractivity contribution in [2.24, 2.45) is 0 Å². The second-order valence-electron chi connectivity index (χ2n) is 7.12. The zero-order chi connectivity index (χ0) is 15.7. The standard InChI is InChI=1S/C21H27OP/c1-2-3-4-5-6-7-12-17-16-11-8-9-13-18(16)23-20-15-10-14-19-21(17,20)22-19/h8-11,13-15,17,19,23H,2-7,12H2,1H3. The predicted octanol–water partition coefficient (Wildman–Crippen LogP) is 5.43. The SMILES string of the molecule is CCCCCCCCC1c2ccccc2PC2=CC=CC3OC231. The van der Waals surface area contributed by atoms with Crippen LogP contribution in [0, 0.1) is 0 Å². The molecule has 0 saturated carbocycles. The summed E-state index contributed by atoms with van der Waals surface area (Å²) in [5.41, 5.74) is 1.60. The van der Waals surface area contributed by atoms with E-state index in [-0.39, 0.29) is 5.60 Å². The molecule has 0 aromatic heterocycles. The number of fused-ring (bicyclic) bond motifs is 1. The highest BCUT2D eigenvalue weighted by molar-refractivity contribution is 7.52. The molecule has 1 aliphatic carbocycles. The van der Waals surface area contributed by atoms with E-state index in [9.17, 15) is 0 Å². The van der Waals surface area contributed by atoms with Gasteiger partial charge in [-0.1, -0.05) is 96.5 Å². The minimum Gasteiger partial charge on any atom is -0.356 e. The normalized spacial score (nSPS) is 31.3. The fraction of sp³-hybridized carbons (Fsp3) is 0.524. The number of hydrogen-bond acceptors (Lipinski definition) is 1. The summed E-state index contributed by atoms with van der Waals surface area (Å²) in [5, 5.41) is 3.09. The molecule has 0 radical (unpaired) electrons. The van der Waals surface area contributed by atoms with Crippen LogP contribution in [0.4, 0.5) is 0 Å². The van der Waals surface area contributed by atoms with Crippen LogP contribution in [0.3, 0.4) is 0 Å². The van der Waals surface area contributed by atoms with Crippen LogP contribution in [0.2, 0.25) is 0 Å². The predicted molar refractivity (Wildman–Crippen MR) is 100.0 cm³/mol. The molecule has 2 aliphatic heterocycles. The molecular formula is C21H27OP. The Labute approximate surface area is 142 Å². The van der Waals surface area contributed by atoms with E-state index in [2.05, 4.69) is 49.4 Å². The second kappa shape index (κ2) is 6.54. The van der Waals surface area contributed by atoms with Gasteiger partial charge in [-0.2, -0.15) is 0 Å². The summed E-state index contributed by atoms with van der Waals surface area (Å²) in [6, 6.07) is 9.08. The summed E-state index contributed by atoms with van der Waals surface area (Å²) in [6.07, 6.45) is 16.6. The van der Waals surface area contributed by atoms with Crippen LogP contribution < -0.4 is 5.30 Å². The molecule has 1 aromatic rings. The smallest absolute Gasteiger partial charge is 0.131 e. The Kier molecular flexibility index (Phi) is 4.43. The number of benzene rings is 1. The van der Waals surface area contributed by atoms with Gasteiger partial charge in [-0.05, 0) is 22.6 Å². The average molecular weight is 326 g/mol. The number of allylic oxidation sites excluding steroid dienone is 2. The summed E-state index contributed by atoms with van der Waals surface area (Å²) in [6.45, 7) is 2.29. The Balaban J connectivity index is 1.50. The topological polar surface area (TPSA) is 12.5 Å². The quantitative estimate of drug-likeness (QED) is 0.370. The summed E-state index contributed by atoms with van der Waals surface area (Å²) < 4.78 is 6.29. The first-order valence-electron chi connectivity index (χ1n) is 9.29. The first kappa shape index (κ1) is 15.6. The fourth-order valence-corrected chi connectivity index (χ4v) is 5.98. The molecule has 3 aliphatic rings. The number of epoxide rings is 1. The molecule has 2 heterocycles. The Hall–Kier alpha value is -0.910. The van der Waals surface area contributed by atoms with Crippen molar-refractivity contribution in [3.05, 3.63) is 53.4 Å². The maximum Gasteiger partial charge on any atom is 0.131 e.